The van der Waals surface area contributed by atoms with Crippen molar-refractivity contribution in [1.82, 2.24) is 10.6 Å². The largest absolute Gasteiger partial charge is 0.381 e. The molecule has 2 fully saturated rings. The molecule has 2 heterocycles. The van der Waals surface area contributed by atoms with Crippen LogP contribution in [0.15, 0.2) is 0 Å². The first-order valence-corrected chi connectivity index (χ1v) is 6.83. The van der Waals surface area contributed by atoms with Crippen molar-refractivity contribution in [3.8, 4) is 0 Å². The molecule has 2 N–H and O–H groups in total. The smallest absolute Gasteiger partial charge is 0.220 e. The van der Waals surface area contributed by atoms with Gasteiger partial charge in [-0.1, -0.05) is 6.92 Å². The quantitative estimate of drug-likeness (QED) is 0.815. The minimum Gasteiger partial charge on any atom is -0.381 e. The number of carbonyl (C=O) groups excluding carboxylic acids is 1. The SMILES string of the molecule is CC1CCNCC1NC(=O)CCC1CCOC1.Cl. The van der Waals surface area contributed by atoms with Gasteiger partial charge >= 0.3 is 0 Å². The Balaban J connectivity index is 0.00000162. The summed E-state index contributed by atoms with van der Waals surface area (Å²) in [5, 5.41) is 6.48. The van der Waals surface area contributed by atoms with E-state index >= 15 is 0 Å². The van der Waals surface area contributed by atoms with E-state index in [1.54, 1.807) is 0 Å². The highest BCUT2D eigenvalue weighted by Crippen LogP contribution is 2.18. The Morgan fingerprint density at radius 3 is 2.94 bits per heavy atom. The second-order valence-corrected chi connectivity index (χ2v) is 5.41. The molecule has 0 aromatic heterocycles. The lowest BCUT2D eigenvalue weighted by atomic mass is 9.94. The van der Waals surface area contributed by atoms with Crippen molar-refractivity contribution < 1.29 is 9.53 Å². The van der Waals surface area contributed by atoms with Gasteiger partial charge in [0.2, 0.25) is 5.91 Å². The molecule has 0 radical (unpaired) electrons. The van der Waals surface area contributed by atoms with Crippen LogP contribution in [0.4, 0.5) is 0 Å². The molecular weight excluding hydrogens is 252 g/mol. The van der Waals surface area contributed by atoms with Gasteiger partial charge in [-0.15, -0.1) is 12.4 Å². The summed E-state index contributed by atoms with van der Waals surface area (Å²) in [5.41, 5.74) is 0. The third-order valence-corrected chi connectivity index (χ3v) is 3.98. The topological polar surface area (TPSA) is 50.4 Å². The Labute approximate surface area is 116 Å². The van der Waals surface area contributed by atoms with Crippen molar-refractivity contribution >= 4 is 18.3 Å². The third-order valence-electron chi connectivity index (χ3n) is 3.98. The molecule has 18 heavy (non-hydrogen) atoms. The van der Waals surface area contributed by atoms with Gasteiger partial charge in [-0.3, -0.25) is 4.79 Å². The lowest BCUT2D eigenvalue weighted by Gasteiger charge is -2.30. The first kappa shape index (κ1) is 15.7. The van der Waals surface area contributed by atoms with Gasteiger partial charge in [0.05, 0.1) is 0 Å². The zero-order chi connectivity index (χ0) is 12.1. The van der Waals surface area contributed by atoms with E-state index < -0.39 is 0 Å². The van der Waals surface area contributed by atoms with E-state index in [0.29, 0.717) is 24.3 Å². The van der Waals surface area contributed by atoms with Crippen molar-refractivity contribution in [2.24, 2.45) is 11.8 Å². The minimum atomic E-state index is 0. The van der Waals surface area contributed by atoms with Crippen LogP contribution in [0.1, 0.15) is 32.6 Å². The summed E-state index contributed by atoms with van der Waals surface area (Å²) in [6.45, 7) is 5.92. The summed E-state index contributed by atoms with van der Waals surface area (Å²) in [5.74, 6) is 1.40. The first-order valence-electron chi connectivity index (χ1n) is 6.83. The molecule has 0 saturated carbocycles. The van der Waals surface area contributed by atoms with Crippen LogP contribution < -0.4 is 10.6 Å². The number of hydrogen-bond acceptors (Lipinski definition) is 3. The number of hydrogen-bond donors (Lipinski definition) is 2. The molecule has 0 bridgehead atoms. The normalized spacial score (nSPS) is 31.7. The molecule has 0 aliphatic carbocycles. The fourth-order valence-corrected chi connectivity index (χ4v) is 2.61. The van der Waals surface area contributed by atoms with E-state index in [-0.39, 0.29) is 18.3 Å². The van der Waals surface area contributed by atoms with E-state index in [0.717, 1.165) is 45.6 Å². The van der Waals surface area contributed by atoms with Crippen LogP contribution in [0.3, 0.4) is 0 Å². The van der Waals surface area contributed by atoms with E-state index in [1.807, 2.05) is 0 Å². The van der Waals surface area contributed by atoms with Gasteiger partial charge in [-0.2, -0.15) is 0 Å². The molecular formula is C13H25ClN2O2. The van der Waals surface area contributed by atoms with Gasteiger partial charge in [0.15, 0.2) is 0 Å². The van der Waals surface area contributed by atoms with Crippen LogP contribution in [0.5, 0.6) is 0 Å². The minimum absolute atomic E-state index is 0. The fraction of sp³-hybridized carbons (Fsp3) is 0.923. The maximum Gasteiger partial charge on any atom is 0.220 e. The number of amides is 1. The van der Waals surface area contributed by atoms with E-state index in [9.17, 15) is 4.79 Å². The molecule has 5 heteroatoms. The summed E-state index contributed by atoms with van der Waals surface area (Å²) < 4.78 is 5.31. The second kappa shape index (κ2) is 7.97. The molecule has 3 atom stereocenters. The van der Waals surface area contributed by atoms with Gasteiger partial charge in [-0.25, -0.2) is 0 Å². The predicted molar refractivity (Wildman–Crippen MR) is 74.0 cm³/mol. The maximum absolute atomic E-state index is 11.8. The predicted octanol–water partition coefficient (Wildman–Crippen LogP) is 1.34. The molecule has 2 rings (SSSR count). The highest BCUT2D eigenvalue weighted by atomic mass is 35.5. The number of halogens is 1. The lowest BCUT2D eigenvalue weighted by Crippen LogP contribution is -2.50. The number of ether oxygens (including phenoxy) is 1. The number of nitrogens with one attached hydrogen (secondary N) is 2. The van der Waals surface area contributed by atoms with Crippen molar-refractivity contribution in [2.75, 3.05) is 26.3 Å². The van der Waals surface area contributed by atoms with E-state index in [1.165, 1.54) is 0 Å². The number of rotatable bonds is 4. The average molecular weight is 277 g/mol. The van der Waals surface area contributed by atoms with E-state index in [4.69, 9.17) is 4.74 Å². The molecule has 4 nitrogen and oxygen atoms in total. The number of piperidine rings is 1. The van der Waals surface area contributed by atoms with Crippen molar-refractivity contribution in [2.45, 2.75) is 38.6 Å². The highest BCUT2D eigenvalue weighted by Gasteiger charge is 2.23. The molecule has 3 unspecified atom stereocenters. The van der Waals surface area contributed by atoms with Crippen LogP contribution >= 0.6 is 12.4 Å². The Morgan fingerprint density at radius 2 is 2.28 bits per heavy atom. The monoisotopic (exact) mass is 276 g/mol. The summed E-state index contributed by atoms with van der Waals surface area (Å²) in [6, 6.07) is 0.316. The van der Waals surface area contributed by atoms with Crippen LogP contribution in [0.25, 0.3) is 0 Å². The number of carbonyl (C=O) groups is 1. The summed E-state index contributed by atoms with van der Waals surface area (Å²) in [4.78, 5) is 11.8. The van der Waals surface area contributed by atoms with Crippen LogP contribution in [-0.2, 0) is 9.53 Å². The average Bonchev–Trinajstić information content (AvgIpc) is 2.82. The third kappa shape index (κ3) is 4.75. The molecule has 2 aliphatic rings. The fourth-order valence-electron chi connectivity index (χ4n) is 2.61. The highest BCUT2D eigenvalue weighted by molar-refractivity contribution is 5.85. The Morgan fingerprint density at radius 1 is 1.44 bits per heavy atom. The molecule has 0 spiro atoms. The molecule has 2 aliphatic heterocycles. The van der Waals surface area contributed by atoms with Gasteiger partial charge < -0.3 is 15.4 Å². The first-order chi connectivity index (χ1) is 8.25. The zero-order valence-corrected chi connectivity index (χ0v) is 11.9. The van der Waals surface area contributed by atoms with Crippen molar-refractivity contribution in [3.05, 3.63) is 0 Å². The molecule has 0 aromatic carbocycles. The van der Waals surface area contributed by atoms with E-state index in [2.05, 4.69) is 17.6 Å². The van der Waals surface area contributed by atoms with Gasteiger partial charge in [-0.05, 0) is 37.6 Å². The van der Waals surface area contributed by atoms with Crippen molar-refractivity contribution in [1.29, 1.82) is 0 Å². The lowest BCUT2D eigenvalue weighted by molar-refractivity contribution is -0.122. The van der Waals surface area contributed by atoms with Crippen LogP contribution in [0.2, 0.25) is 0 Å². The summed E-state index contributed by atoms with van der Waals surface area (Å²) >= 11 is 0. The molecule has 0 aromatic rings. The summed E-state index contributed by atoms with van der Waals surface area (Å²) in [7, 11) is 0. The van der Waals surface area contributed by atoms with Crippen LogP contribution in [0, 0.1) is 11.8 Å². The Hall–Kier alpha value is -0.320. The van der Waals surface area contributed by atoms with Gasteiger partial charge in [0.25, 0.3) is 0 Å². The maximum atomic E-state index is 11.8. The van der Waals surface area contributed by atoms with Crippen molar-refractivity contribution in [3.63, 3.8) is 0 Å². The Bertz CT molecular complexity index is 257. The summed E-state index contributed by atoms with van der Waals surface area (Å²) in [6.07, 6.45) is 3.90. The Kier molecular flexibility index (Phi) is 6.97. The molecule has 106 valence electrons. The second-order valence-electron chi connectivity index (χ2n) is 5.41. The molecule has 2 saturated heterocycles. The van der Waals surface area contributed by atoms with Gasteiger partial charge in [0, 0.05) is 32.2 Å². The van der Waals surface area contributed by atoms with Crippen LogP contribution in [-0.4, -0.2) is 38.3 Å². The molecule has 1 amide bonds. The zero-order valence-electron chi connectivity index (χ0n) is 11.1. The van der Waals surface area contributed by atoms with Gasteiger partial charge in [0.1, 0.15) is 0 Å². The standard InChI is InChI=1S/C13H24N2O2.ClH/c1-10-4-6-14-8-12(10)15-13(16)3-2-11-5-7-17-9-11;/h10-12,14H,2-9H2,1H3,(H,15,16);1H.